The SMILES string of the molecule is CCNS(=O)(=O)c1cccc(C(=O)Nc2ccc(OC)cc2)c1. The first-order valence-corrected chi connectivity index (χ1v) is 8.49. The van der Waals surface area contributed by atoms with Crippen LogP contribution in [0.4, 0.5) is 5.69 Å². The molecule has 122 valence electrons. The van der Waals surface area contributed by atoms with Crippen LogP contribution in [0.25, 0.3) is 0 Å². The first-order valence-electron chi connectivity index (χ1n) is 7.01. The number of sulfonamides is 1. The molecule has 6 nitrogen and oxygen atoms in total. The molecule has 0 heterocycles. The zero-order valence-corrected chi connectivity index (χ0v) is 13.7. The van der Waals surface area contributed by atoms with E-state index in [1.54, 1.807) is 44.4 Å². The van der Waals surface area contributed by atoms with Crippen LogP contribution in [-0.4, -0.2) is 28.0 Å². The minimum absolute atomic E-state index is 0.0572. The third-order valence-corrected chi connectivity index (χ3v) is 4.63. The number of carbonyl (C=O) groups is 1. The molecule has 2 rings (SSSR count). The van der Waals surface area contributed by atoms with Gasteiger partial charge in [-0.05, 0) is 42.5 Å². The van der Waals surface area contributed by atoms with Crippen molar-refractivity contribution in [3.05, 3.63) is 54.1 Å². The number of rotatable bonds is 6. The van der Waals surface area contributed by atoms with Gasteiger partial charge in [-0.3, -0.25) is 4.79 Å². The van der Waals surface area contributed by atoms with E-state index in [2.05, 4.69) is 10.0 Å². The second-order valence-electron chi connectivity index (χ2n) is 4.71. The summed E-state index contributed by atoms with van der Waals surface area (Å²) in [5, 5.41) is 2.71. The summed E-state index contributed by atoms with van der Waals surface area (Å²) in [5.41, 5.74) is 0.857. The maximum absolute atomic E-state index is 12.2. The van der Waals surface area contributed by atoms with Crippen LogP contribution in [0.3, 0.4) is 0 Å². The van der Waals surface area contributed by atoms with E-state index in [0.717, 1.165) is 0 Å². The number of methoxy groups -OCH3 is 1. The third kappa shape index (κ3) is 4.30. The van der Waals surface area contributed by atoms with Crippen molar-refractivity contribution >= 4 is 21.6 Å². The van der Waals surface area contributed by atoms with E-state index in [-0.39, 0.29) is 22.9 Å². The standard InChI is InChI=1S/C16H18N2O4S/c1-3-17-23(20,21)15-6-4-5-12(11-15)16(19)18-13-7-9-14(22-2)10-8-13/h4-11,17H,3H2,1-2H3,(H,18,19). The average Bonchev–Trinajstić information content (AvgIpc) is 2.55. The molecule has 0 spiro atoms. The molecule has 7 heteroatoms. The van der Waals surface area contributed by atoms with Crippen LogP contribution in [0.2, 0.25) is 0 Å². The Hall–Kier alpha value is -2.38. The zero-order valence-electron chi connectivity index (χ0n) is 12.9. The first kappa shape index (κ1) is 17.0. The molecule has 2 aromatic rings. The van der Waals surface area contributed by atoms with Crippen molar-refractivity contribution < 1.29 is 17.9 Å². The number of hydrogen-bond donors (Lipinski definition) is 2. The lowest BCUT2D eigenvalue weighted by atomic mass is 10.2. The molecule has 0 aliphatic carbocycles. The monoisotopic (exact) mass is 334 g/mol. The number of ether oxygens (including phenoxy) is 1. The molecule has 0 saturated heterocycles. The van der Waals surface area contributed by atoms with Crippen LogP contribution in [0.15, 0.2) is 53.4 Å². The van der Waals surface area contributed by atoms with Crippen LogP contribution in [-0.2, 0) is 10.0 Å². The van der Waals surface area contributed by atoms with Crippen molar-refractivity contribution in [2.24, 2.45) is 0 Å². The summed E-state index contributed by atoms with van der Waals surface area (Å²) in [7, 11) is -2.04. The third-order valence-electron chi connectivity index (χ3n) is 3.09. The van der Waals surface area contributed by atoms with E-state index in [9.17, 15) is 13.2 Å². The van der Waals surface area contributed by atoms with Crippen molar-refractivity contribution in [1.29, 1.82) is 0 Å². The van der Waals surface area contributed by atoms with Crippen molar-refractivity contribution in [2.45, 2.75) is 11.8 Å². The topological polar surface area (TPSA) is 84.5 Å². The molecule has 2 aromatic carbocycles. The van der Waals surface area contributed by atoms with Crippen LogP contribution in [0, 0.1) is 0 Å². The highest BCUT2D eigenvalue weighted by Crippen LogP contribution is 2.17. The van der Waals surface area contributed by atoms with E-state index in [1.165, 1.54) is 18.2 Å². The lowest BCUT2D eigenvalue weighted by molar-refractivity contribution is 0.102. The molecule has 0 aromatic heterocycles. The fraction of sp³-hybridized carbons (Fsp3) is 0.188. The predicted molar refractivity (Wildman–Crippen MR) is 88.3 cm³/mol. The molecule has 0 bridgehead atoms. The average molecular weight is 334 g/mol. The fourth-order valence-corrected chi connectivity index (χ4v) is 3.04. The smallest absolute Gasteiger partial charge is 0.255 e. The van der Waals surface area contributed by atoms with Gasteiger partial charge < -0.3 is 10.1 Å². The van der Waals surface area contributed by atoms with Gasteiger partial charge in [-0.15, -0.1) is 0 Å². The summed E-state index contributed by atoms with van der Waals surface area (Å²) < 4.78 is 31.4. The Morgan fingerprint density at radius 3 is 2.43 bits per heavy atom. The molecular formula is C16H18N2O4S. The lowest BCUT2D eigenvalue weighted by Crippen LogP contribution is -2.23. The van der Waals surface area contributed by atoms with Crippen molar-refractivity contribution in [2.75, 3.05) is 19.0 Å². The summed E-state index contributed by atoms with van der Waals surface area (Å²) in [6.45, 7) is 1.97. The summed E-state index contributed by atoms with van der Waals surface area (Å²) in [4.78, 5) is 12.3. The number of carbonyl (C=O) groups excluding carboxylic acids is 1. The lowest BCUT2D eigenvalue weighted by Gasteiger charge is -2.08. The fourth-order valence-electron chi connectivity index (χ4n) is 1.96. The predicted octanol–water partition coefficient (Wildman–Crippen LogP) is 2.25. The van der Waals surface area contributed by atoms with Gasteiger partial charge >= 0.3 is 0 Å². The summed E-state index contributed by atoms with van der Waals surface area (Å²) in [5.74, 6) is 0.297. The molecule has 0 fully saturated rings. The maximum atomic E-state index is 12.2. The Balaban J connectivity index is 2.19. The van der Waals surface area contributed by atoms with Crippen LogP contribution in [0.1, 0.15) is 17.3 Å². The van der Waals surface area contributed by atoms with Gasteiger partial charge in [0, 0.05) is 17.8 Å². The molecule has 0 aliphatic rings. The quantitative estimate of drug-likeness (QED) is 0.848. The molecule has 0 radical (unpaired) electrons. The molecular weight excluding hydrogens is 316 g/mol. The van der Waals surface area contributed by atoms with Crippen LogP contribution < -0.4 is 14.8 Å². The number of amides is 1. The van der Waals surface area contributed by atoms with Gasteiger partial charge in [0.05, 0.1) is 12.0 Å². The van der Waals surface area contributed by atoms with E-state index in [1.807, 2.05) is 0 Å². The van der Waals surface area contributed by atoms with Gasteiger partial charge in [-0.25, -0.2) is 13.1 Å². The van der Waals surface area contributed by atoms with E-state index in [4.69, 9.17) is 4.74 Å². The Morgan fingerprint density at radius 2 is 1.83 bits per heavy atom. The molecule has 23 heavy (non-hydrogen) atoms. The highest BCUT2D eigenvalue weighted by molar-refractivity contribution is 7.89. The zero-order chi connectivity index (χ0) is 16.9. The van der Waals surface area contributed by atoms with Gasteiger partial charge in [0.15, 0.2) is 0 Å². The highest BCUT2D eigenvalue weighted by atomic mass is 32.2. The molecule has 0 saturated carbocycles. The normalized spacial score (nSPS) is 11.0. The largest absolute Gasteiger partial charge is 0.497 e. The maximum Gasteiger partial charge on any atom is 0.255 e. The van der Waals surface area contributed by atoms with E-state index in [0.29, 0.717) is 11.4 Å². The van der Waals surface area contributed by atoms with Crippen molar-refractivity contribution in [3.63, 3.8) is 0 Å². The van der Waals surface area contributed by atoms with E-state index >= 15 is 0 Å². The second kappa shape index (κ2) is 7.26. The van der Waals surface area contributed by atoms with Crippen LogP contribution >= 0.6 is 0 Å². The molecule has 1 amide bonds. The molecule has 0 atom stereocenters. The molecule has 0 aliphatic heterocycles. The number of nitrogens with one attached hydrogen (secondary N) is 2. The number of hydrogen-bond acceptors (Lipinski definition) is 4. The van der Waals surface area contributed by atoms with Crippen molar-refractivity contribution in [1.82, 2.24) is 4.72 Å². The van der Waals surface area contributed by atoms with Gasteiger partial charge in [-0.1, -0.05) is 13.0 Å². The molecule has 2 N–H and O–H groups in total. The van der Waals surface area contributed by atoms with E-state index < -0.39 is 10.0 Å². The van der Waals surface area contributed by atoms with Crippen LogP contribution in [0.5, 0.6) is 5.75 Å². The minimum atomic E-state index is -3.59. The second-order valence-corrected chi connectivity index (χ2v) is 6.48. The number of benzene rings is 2. The summed E-state index contributed by atoms with van der Waals surface area (Å²) >= 11 is 0. The Labute approximate surface area is 135 Å². The Kier molecular flexibility index (Phi) is 5.36. The van der Waals surface area contributed by atoms with Gasteiger partial charge in [0.25, 0.3) is 5.91 Å². The summed E-state index contributed by atoms with van der Waals surface area (Å²) in [6, 6.07) is 12.7. The number of anilines is 1. The van der Waals surface area contributed by atoms with Gasteiger partial charge in [-0.2, -0.15) is 0 Å². The Morgan fingerprint density at radius 1 is 1.13 bits per heavy atom. The molecule has 0 unspecified atom stereocenters. The minimum Gasteiger partial charge on any atom is -0.497 e. The van der Waals surface area contributed by atoms with Gasteiger partial charge in [0.2, 0.25) is 10.0 Å². The first-order chi connectivity index (χ1) is 11.0. The van der Waals surface area contributed by atoms with Gasteiger partial charge in [0.1, 0.15) is 5.75 Å². The summed E-state index contributed by atoms with van der Waals surface area (Å²) in [6.07, 6.45) is 0. The Bertz CT molecular complexity index is 786. The van der Waals surface area contributed by atoms with Crippen molar-refractivity contribution in [3.8, 4) is 5.75 Å². The highest BCUT2D eigenvalue weighted by Gasteiger charge is 2.15.